The Morgan fingerprint density at radius 1 is 1.69 bits per heavy atom. The van der Waals surface area contributed by atoms with Crippen LogP contribution in [0.15, 0.2) is 0 Å². The summed E-state index contributed by atoms with van der Waals surface area (Å²) >= 11 is 7.17. The number of rotatable bonds is 4. The number of hydrogen-bond donors (Lipinski definition) is 4. The lowest BCUT2D eigenvalue weighted by Gasteiger charge is -2.19. The van der Waals surface area contributed by atoms with Gasteiger partial charge in [0.05, 0.1) is 4.75 Å². The van der Waals surface area contributed by atoms with Gasteiger partial charge >= 0.3 is 5.97 Å². The molecule has 0 bridgehead atoms. The predicted octanol–water partition coefficient (Wildman–Crippen LogP) is 0.194. The number of carboxylic acid groups (broad SMARTS) is 1. The molecule has 0 rings (SSSR count). The average Bonchev–Trinajstić information content (AvgIpc) is 2.20. The summed E-state index contributed by atoms with van der Waals surface area (Å²) in [7, 11) is 0. The second-order valence-corrected chi connectivity index (χ2v) is 3.29. The Bertz CT molecular complexity index is 355. The fourth-order valence-electron chi connectivity index (χ4n) is 0.448. The fourth-order valence-corrected chi connectivity index (χ4v) is 0.760. The van der Waals surface area contributed by atoms with E-state index in [-0.39, 0.29) is 5.75 Å². The molecule has 0 fully saturated rings. The Hall–Kier alpha value is -0.360. The molecule has 0 unspecified atom stereocenters. The van der Waals surface area contributed by atoms with Crippen LogP contribution in [0.4, 0.5) is 0 Å². The van der Waals surface area contributed by atoms with Gasteiger partial charge in [0, 0.05) is 14.0 Å². The number of hydrogen-bond acceptors (Lipinski definition) is 4. The Morgan fingerprint density at radius 3 is 2.54 bits per heavy atom. The predicted molar refractivity (Wildman–Crippen MR) is 56.5 cm³/mol. The number of thiol groups is 2. The van der Waals surface area contributed by atoms with Gasteiger partial charge in [0.2, 0.25) is 5.91 Å². The minimum absolute atomic E-state index is 0.326. The lowest BCUT2D eigenvalue weighted by molar-refractivity contribution is -0.141. The number of carbonyl (C=O) groups excluding carboxylic acids is 1. The third-order valence-electron chi connectivity index (χ3n) is 1.11. The highest BCUT2D eigenvalue weighted by Crippen LogP contribution is 2.11. The zero-order chi connectivity index (χ0) is 15.6. The van der Waals surface area contributed by atoms with Gasteiger partial charge in [-0.05, 0) is 13.7 Å². The molecule has 1 amide bonds. The van der Waals surface area contributed by atoms with Crippen molar-refractivity contribution in [1.82, 2.24) is 5.32 Å². The summed E-state index contributed by atoms with van der Waals surface area (Å²) in [6.45, 7) is -6.49. The first-order chi connectivity index (χ1) is 8.29. The zero-order valence-corrected chi connectivity index (χ0v) is 8.23. The highest BCUT2D eigenvalue weighted by Gasteiger charge is 2.27. The smallest absolute Gasteiger partial charge is 0.327 e. The van der Waals surface area contributed by atoms with E-state index in [1.54, 1.807) is 0 Å². The van der Waals surface area contributed by atoms with E-state index in [1.165, 1.54) is 0 Å². The van der Waals surface area contributed by atoms with E-state index in [0.29, 0.717) is 0 Å². The molecule has 0 aliphatic heterocycles. The number of nitrogens with one attached hydrogen (secondary N) is 1. The number of carbonyl (C=O) groups is 2. The van der Waals surface area contributed by atoms with Crippen molar-refractivity contribution in [3.63, 3.8) is 0 Å². The maximum atomic E-state index is 11.8. The van der Waals surface area contributed by atoms with Crippen molar-refractivity contribution in [3.8, 4) is 0 Å². The largest absolute Gasteiger partial charge is 0.480 e. The van der Waals surface area contributed by atoms with Crippen LogP contribution in [0, 0.1) is 0 Å². The van der Waals surface area contributed by atoms with Crippen LogP contribution >= 0.6 is 25.3 Å². The normalized spacial score (nSPS) is 22.3. The molecular weight excluding hydrogens is 210 g/mol. The van der Waals surface area contributed by atoms with Crippen LogP contribution in [0.1, 0.15) is 21.9 Å². The van der Waals surface area contributed by atoms with E-state index in [1.807, 2.05) is 5.32 Å². The summed E-state index contributed by atoms with van der Waals surface area (Å²) in [4.78, 5) is 22.5. The van der Waals surface area contributed by atoms with E-state index in [4.69, 9.17) is 13.3 Å². The minimum Gasteiger partial charge on any atom is -0.480 e. The summed E-state index contributed by atoms with van der Waals surface area (Å²) in [5, 5.41) is 10.5. The Balaban J connectivity index is 5.45. The average molecular weight is 229 g/mol. The lowest BCUT2D eigenvalue weighted by Crippen LogP contribution is -2.48. The minimum atomic E-state index is -3.24. The number of aliphatic carboxylic acids is 1. The molecule has 0 saturated carbocycles. The van der Waals surface area contributed by atoms with Crippen molar-refractivity contribution in [3.05, 3.63) is 0 Å². The molecule has 2 N–H and O–H groups in total. The van der Waals surface area contributed by atoms with E-state index < -0.39 is 36.4 Å². The van der Waals surface area contributed by atoms with E-state index in [9.17, 15) is 9.59 Å². The van der Waals surface area contributed by atoms with Crippen molar-refractivity contribution < 1.29 is 22.9 Å². The fraction of sp³-hybridized carbons (Fsp3) is 0.714. The molecule has 0 aromatic carbocycles. The van der Waals surface area contributed by atoms with E-state index in [0.717, 1.165) is 0 Å². The van der Waals surface area contributed by atoms with Crippen LogP contribution in [-0.4, -0.2) is 33.5 Å². The quantitative estimate of drug-likeness (QED) is 0.521. The summed E-state index contributed by atoms with van der Waals surface area (Å²) in [5.74, 6) is -3.29. The topological polar surface area (TPSA) is 66.4 Å². The molecule has 0 heterocycles. The third kappa shape index (κ3) is 4.42. The molecule has 76 valence electrons. The molecular formula is C7H13NO3S2. The Morgan fingerprint density at radius 2 is 2.23 bits per heavy atom. The van der Waals surface area contributed by atoms with Gasteiger partial charge in [0.1, 0.15) is 6.04 Å². The molecule has 0 aromatic heterocycles. The summed E-state index contributed by atoms with van der Waals surface area (Å²) < 4.78 is 39.9. The van der Waals surface area contributed by atoms with Crippen LogP contribution in [0.25, 0.3) is 0 Å². The van der Waals surface area contributed by atoms with Crippen LogP contribution < -0.4 is 5.32 Å². The second-order valence-electron chi connectivity index (χ2n) is 2.26. The highest BCUT2D eigenvalue weighted by molar-refractivity contribution is 7.82. The monoisotopic (exact) mass is 229 g/mol. The van der Waals surface area contributed by atoms with Crippen molar-refractivity contribution in [1.29, 1.82) is 0 Å². The molecule has 0 aromatic rings. The van der Waals surface area contributed by atoms with Crippen molar-refractivity contribution >= 4 is 37.1 Å². The maximum Gasteiger partial charge on any atom is 0.327 e. The molecule has 13 heavy (non-hydrogen) atoms. The molecule has 0 radical (unpaired) electrons. The van der Waals surface area contributed by atoms with Crippen LogP contribution in [0.5, 0.6) is 0 Å². The first kappa shape index (κ1) is 5.50. The molecule has 0 aliphatic carbocycles. The molecule has 1 atom stereocenters. The maximum absolute atomic E-state index is 11.8. The van der Waals surface area contributed by atoms with E-state index >= 15 is 0 Å². The van der Waals surface area contributed by atoms with Gasteiger partial charge in [0.15, 0.2) is 0 Å². The number of carboxylic acids is 1. The SMILES string of the molecule is [2H]C([2H])([2H])C(S)(C(=O)N[C@@H](CS)C(=O)O)C([2H])([2H])[2H]. The van der Waals surface area contributed by atoms with Crippen LogP contribution in [0.3, 0.4) is 0 Å². The first-order valence-electron chi connectivity index (χ1n) is 6.16. The first-order valence-corrected chi connectivity index (χ1v) is 4.24. The van der Waals surface area contributed by atoms with Crippen molar-refractivity contribution in [2.45, 2.75) is 24.5 Å². The lowest BCUT2D eigenvalue weighted by atomic mass is 10.2. The van der Waals surface area contributed by atoms with Crippen molar-refractivity contribution in [2.75, 3.05) is 5.75 Å². The van der Waals surface area contributed by atoms with Crippen molar-refractivity contribution in [2.24, 2.45) is 0 Å². The molecule has 6 heteroatoms. The van der Waals surface area contributed by atoms with Crippen LogP contribution in [-0.2, 0) is 9.59 Å². The highest BCUT2D eigenvalue weighted by atomic mass is 32.1. The third-order valence-corrected chi connectivity index (χ3v) is 1.68. The van der Waals surface area contributed by atoms with Gasteiger partial charge in [-0.2, -0.15) is 25.3 Å². The molecule has 4 nitrogen and oxygen atoms in total. The Kier molecular flexibility index (Phi) is 2.01. The second kappa shape index (κ2) is 4.76. The van der Waals surface area contributed by atoms with Gasteiger partial charge in [-0.25, -0.2) is 4.79 Å². The van der Waals surface area contributed by atoms with Crippen LogP contribution in [0.2, 0.25) is 0 Å². The van der Waals surface area contributed by atoms with Gasteiger partial charge in [-0.1, -0.05) is 0 Å². The summed E-state index contributed by atoms with van der Waals surface area (Å²) in [5.41, 5.74) is 0. The number of amides is 1. The summed E-state index contributed by atoms with van der Waals surface area (Å²) in [6, 6.07) is -1.51. The Labute approximate surface area is 96.3 Å². The van der Waals surface area contributed by atoms with E-state index in [2.05, 4.69) is 25.3 Å². The molecule has 0 spiro atoms. The van der Waals surface area contributed by atoms with Gasteiger partial charge in [-0.15, -0.1) is 0 Å². The van der Waals surface area contributed by atoms with Gasteiger partial charge < -0.3 is 10.4 Å². The summed E-state index contributed by atoms with van der Waals surface area (Å²) in [6.07, 6.45) is 0. The van der Waals surface area contributed by atoms with Gasteiger partial charge in [-0.3, -0.25) is 4.79 Å². The zero-order valence-electron chi connectivity index (χ0n) is 12.4. The van der Waals surface area contributed by atoms with Gasteiger partial charge in [0.25, 0.3) is 0 Å². The standard InChI is InChI=1S/C7H13NO3S2/c1-7(2,13)6(11)8-4(3-12)5(9)10/h4,12-13H,3H2,1-2H3,(H,8,11)(H,9,10)/t4-/m0/s1/i1D3,2D3. The molecule has 0 aliphatic rings. The molecule has 0 saturated heterocycles.